The lowest BCUT2D eigenvalue weighted by atomic mass is 10.2. The van der Waals surface area contributed by atoms with Gasteiger partial charge in [-0.25, -0.2) is 8.78 Å². The van der Waals surface area contributed by atoms with Crippen molar-refractivity contribution in [2.45, 2.75) is 11.0 Å². The van der Waals surface area contributed by atoms with Crippen LogP contribution in [0.3, 0.4) is 0 Å². The minimum Gasteiger partial charge on any atom is -0.411 e. The zero-order valence-electron chi connectivity index (χ0n) is 11.1. The van der Waals surface area contributed by atoms with Gasteiger partial charge in [0.05, 0.1) is 0 Å². The van der Waals surface area contributed by atoms with Crippen LogP contribution in [0.2, 0.25) is 5.02 Å². The second-order valence-electron chi connectivity index (χ2n) is 4.37. The number of thioether (sulfide) groups is 1. The fraction of sp³-hybridized carbons (Fsp3) is 0.0667. The van der Waals surface area contributed by atoms with Crippen LogP contribution in [0.1, 0.15) is 5.56 Å². The molecule has 7 heteroatoms. The maximum absolute atomic E-state index is 13.7. The van der Waals surface area contributed by atoms with Gasteiger partial charge in [0.1, 0.15) is 11.6 Å². The van der Waals surface area contributed by atoms with Crippen molar-refractivity contribution in [1.29, 1.82) is 0 Å². The van der Waals surface area contributed by atoms with E-state index in [1.54, 1.807) is 24.3 Å². The molecule has 0 amide bonds. The molecule has 3 rings (SSSR count). The van der Waals surface area contributed by atoms with Gasteiger partial charge in [-0.2, -0.15) is 0 Å². The molecule has 3 nitrogen and oxygen atoms in total. The lowest BCUT2D eigenvalue weighted by molar-refractivity contribution is 0.465. The van der Waals surface area contributed by atoms with E-state index in [0.717, 1.165) is 0 Å². The normalized spacial score (nSPS) is 10.9. The highest BCUT2D eigenvalue weighted by Crippen LogP contribution is 2.29. The number of halogens is 3. The molecular weight excluding hydrogens is 330 g/mol. The number of hydrogen-bond acceptors (Lipinski definition) is 4. The molecule has 1 aromatic heterocycles. The van der Waals surface area contributed by atoms with Crippen LogP contribution in [-0.4, -0.2) is 10.2 Å². The van der Waals surface area contributed by atoms with E-state index in [1.807, 2.05) is 0 Å². The Morgan fingerprint density at radius 2 is 1.82 bits per heavy atom. The molecule has 0 bridgehead atoms. The zero-order valence-corrected chi connectivity index (χ0v) is 12.7. The summed E-state index contributed by atoms with van der Waals surface area (Å²) in [4.78, 5) is 0. The number of hydrogen-bond donors (Lipinski definition) is 0. The molecule has 0 aliphatic rings. The Morgan fingerprint density at radius 1 is 1.05 bits per heavy atom. The molecule has 3 aromatic rings. The predicted molar refractivity (Wildman–Crippen MR) is 80.7 cm³/mol. The maximum Gasteiger partial charge on any atom is 0.277 e. The van der Waals surface area contributed by atoms with Gasteiger partial charge in [0, 0.05) is 21.9 Å². The molecule has 1 heterocycles. The van der Waals surface area contributed by atoms with Crippen LogP contribution in [0, 0.1) is 11.6 Å². The lowest BCUT2D eigenvalue weighted by Gasteiger charge is -2.02. The molecule has 112 valence electrons. The maximum atomic E-state index is 13.7. The monoisotopic (exact) mass is 338 g/mol. The summed E-state index contributed by atoms with van der Waals surface area (Å²) in [5.41, 5.74) is 1.00. The van der Waals surface area contributed by atoms with Crippen LogP contribution in [0.5, 0.6) is 0 Å². The summed E-state index contributed by atoms with van der Waals surface area (Å²) in [5, 5.41) is 8.41. The van der Waals surface area contributed by atoms with Crippen molar-refractivity contribution >= 4 is 23.4 Å². The van der Waals surface area contributed by atoms with Crippen LogP contribution >= 0.6 is 23.4 Å². The third-order valence-electron chi connectivity index (χ3n) is 2.90. The summed E-state index contributed by atoms with van der Waals surface area (Å²) in [7, 11) is 0. The first-order valence-corrected chi connectivity index (χ1v) is 7.65. The average molecular weight is 339 g/mol. The topological polar surface area (TPSA) is 38.9 Å². The third kappa shape index (κ3) is 3.28. The van der Waals surface area contributed by atoms with Crippen LogP contribution in [0.4, 0.5) is 8.78 Å². The summed E-state index contributed by atoms with van der Waals surface area (Å²) >= 11 is 7.14. The van der Waals surface area contributed by atoms with E-state index in [9.17, 15) is 8.78 Å². The molecule has 22 heavy (non-hydrogen) atoms. The van der Waals surface area contributed by atoms with Gasteiger partial charge in [0.15, 0.2) is 0 Å². The van der Waals surface area contributed by atoms with Crippen LogP contribution in [0.15, 0.2) is 52.1 Å². The third-order valence-corrected chi connectivity index (χ3v) is 4.10. The minimum absolute atomic E-state index is 0.274. The second-order valence-corrected chi connectivity index (χ2v) is 5.70. The number of aromatic nitrogens is 2. The van der Waals surface area contributed by atoms with Crippen molar-refractivity contribution in [2.24, 2.45) is 0 Å². The molecule has 0 fully saturated rings. The first kappa shape index (κ1) is 15.0. The van der Waals surface area contributed by atoms with E-state index in [0.29, 0.717) is 21.4 Å². The highest BCUT2D eigenvalue weighted by atomic mass is 35.5. The number of rotatable bonds is 4. The van der Waals surface area contributed by atoms with Crippen molar-refractivity contribution in [2.75, 3.05) is 0 Å². The molecule has 0 atom stereocenters. The average Bonchev–Trinajstić information content (AvgIpc) is 2.96. The molecule has 0 spiro atoms. The molecule has 2 aromatic carbocycles. The van der Waals surface area contributed by atoms with Crippen molar-refractivity contribution in [3.63, 3.8) is 0 Å². The van der Waals surface area contributed by atoms with Gasteiger partial charge in [0.2, 0.25) is 5.89 Å². The van der Waals surface area contributed by atoms with Gasteiger partial charge >= 0.3 is 0 Å². The first-order valence-electron chi connectivity index (χ1n) is 6.28. The Morgan fingerprint density at radius 3 is 2.55 bits per heavy atom. The minimum atomic E-state index is -0.377. The van der Waals surface area contributed by atoms with Gasteiger partial charge in [0.25, 0.3) is 5.22 Å². The molecular formula is C15H9ClF2N2OS. The fourth-order valence-corrected chi connectivity index (χ4v) is 2.89. The Kier molecular flexibility index (Phi) is 4.40. The number of benzene rings is 2. The Bertz CT molecular complexity index is 772. The van der Waals surface area contributed by atoms with Crippen molar-refractivity contribution in [3.05, 3.63) is 64.7 Å². The smallest absolute Gasteiger partial charge is 0.277 e. The fourth-order valence-electron chi connectivity index (χ4n) is 1.78. The SMILES string of the molecule is Fc1ccc(-c2nnc(SCc3c(F)cccc3Cl)o2)cc1. The number of nitrogens with zero attached hydrogens (tertiary/aromatic N) is 2. The summed E-state index contributed by atoms with van der Waals surface area (Å²) < 4.78 is 32.0. The molecule has 0 aliphatic heterocycles. The first-order chi connectivity index (χ1) is 10.6. The predicted octanol–water partition coefficient (Wildman–Crippen LogP) is 4.96. The molecule has 0 radical (unpaired) electrons. The van der Waals surface area contributed by atoms with Crippen molar-refractivity contribution in [3.8, 4) is 11.5 Å². The van der Waals surface area contributed by atoms with Gasteiger partial charge in [-0.1, -0.05) is 29.4 Å². The van der Waals surface area contributed by atoms with Crippen molar-refractivity contribution in [1.82, 2.24) is 10.2 Å². The summed E-state index contributed by atoms with van der Waals surface area (Å²) in [6.07, 6.45) is 0. The van der Waals surface area contributed by atoms with Crippen molar-refractivity contribution < 1.29 is 13.2 Å². The second kappa shape index (κ2) is 6.46. The Hall–Kier alpha value is -1.92. The van der Waals surface area contributed by atoms with E-state index in [4.69, 9.17) is 16.0 Å². The quantitative estimate of drug-likeness (QED) is 0.630. The van der Waals surface area contributed by atoms with E-state index in [-0.39, 0.29) is 23.3 Å². The van der Waals surface area contributed by atoms with Gasteiger partial charge in [-0.3, -0.25) is 0 Å². The molecule has 0 unspecified atom stereocenters. The molecule has 0 N–H and O–H groups in total. The van der Waals surface area contributed by atoms with E-state index >= 15 is 0 Å². The Balaban J connectivity index is 1.73. The summed E-state index contributed by atoms with van der Waals surface area (Å²) in [5.74, 6) is -0.163. The zero-order chi connectivity index (χ0) is 15.5. The van der Waals surface area contributed by atoms with Crippen LogP contribution in [-0.2, 0) is 5.75 Å². The largest absolute Gasteiger partial charge is 0.411 e. The lowest BCUT2D eigenvalue weighted by Crippen LogP contribution is -1.88. The highest BCUT2D eigenvalue weighted by molar-refractivity contribution is 7.98. The standard InChI is InChI=1S/C15H9ClF2N2OS/c16-12-2-1-3-13(18)11(12)8-22-15-20-19-14(21-15)9-4-6-10(17)7-5-9/h1-7H,8H2. The van der Waals surface area contributed by atoms with Crippen LogP contribution < -0.4 is 0 Å². The van der Waals surface area contributed by atoms with Gasteiger partial charge < -0.3 is 4.42 Å². The molecule has 0 saturated heterocycles. The van der Waals surface area contributed by atoms with E-state index in [2.05, 4.69) is 10.2 Å². The highest BCUT2D eigenvalue weighted by Gasteiger charge is 2.12. The van der Waals surface area contributed by atoms with E-state index in [1.165, 1.54) is 30.0 Å². The van der Waals surface area contributed by atoms with Gasteiger partial charge in [-0.05, 0) is 36.4 Å². The molecule has 0 saturated carbocycles. The van der Waals surface area contributed by atoms with E-state index < -0.39 is 0 Å². The summed E-state index contributed by atoms with van der Waals surface area (Å²) in [6, 6.07) is 10.2. The Labute approximate surface area is 134 Å². The van der Waals surface area contributed by atoms with Crippen LogP contribution in [0.25, 0.3) is 11.5 Å². The van der Waals surface area contributed by atoms with Gasteiger partial charge in [-0.15, -0.1) is 10.2 Å². The molecule has 0 aliphatic carbocycles. The summed E-state index contributed by atoms with van der Waals surface area (Å²) in [6.45, 7) is 0.